The molecule has 618 valence electrons. The molecule has 3 N–H and O–H groups in total. The fourth-order valence-electron chi connectivity index (χ4n) is 15.8. The van der Waals surface area contributed by atoms with Crippen LogP contribution in [0.25, 0.3) is 0 Å². The largest absolute Gasteiger partial charge is 0.482 e. The average Bonchev–Trinajstić information content (AvgIpc) is 0.862. The van der Waals surface area contributed by atoms with Gasteiger partial charge < -0.3 is 78.8 Å². The number of carbonyl (C=O) groups is 8. The van der Waals surface area contributed by atoms with Crippen LogP contribution in [0, 0.1) is 5.92 Å². The summed E-state index contributed by atoms with van der Waals surface area (Å²) >= 11 is 18.8. The van der Waals surface area contributed by atoms with Crippen LogP contribution in [0.2, 0.25) is 15.1 Å². The Morgan fingerprint density at radius 2 is 0.783 bits per heavy atom. The molecule has 6 aromatic rings. The smallest absolute Gasteiger partial charge is 0.410 e. The lowest BCUT2D eigenvalue weighted by Gasteiger charge is -2.35. The van der Waals surface area contributed by atoms with Crippen molar-refractivity contribution in [3.8, 4) is 17.2 Å². The number of fused-ring (bicyclic) bond motifs is 3. The van der Waals surface area contributed by atoms with Crippen LogP contribution in [0.4, 0.5) is 26.7 Å². The number of piperidine rings is 4. The fourth-order valence-corrected chi connectivity index (χ4v) is 16.3. The molecule has 4 fully saturated rings. The van der Waals surface area contributed by atoms with Crippen molar-refractivity contribution in [2.45, 2.75) is 135 Å². The Bertz CT molecular complexity index is 4370. The van der Waals surface area contributed by atoms with E-state index in [1.807, 2.05) is 165 Å². The van der Waals surface area contributed by atoms with Gasteiger partial charge in [-0.2, -0.15) is 0 Å². The van der Waals surface area contributed by atoms with Crippen molar-refractivity contribution in [2.75, 3.05) is 160 Å². The highest BCUT2D eigenvalue weighted by atomic mass is 35.5. The van der Waals surface area contributed by atoms with Crippen molar-refractivity contribution < 1.29 is 62.0 Å². The molecule has 8 amide bonds. The van der Waals surface area contributed by atoms with Crippen molar-refractivity contribution >= 4 is 99.5 Å². The number of nitrogens with one attached hydrogen (secondary N) is 3. The normalized spacial score (nSPS) is 17.4. The number of hydrogen-bond acceptors (Lipinski definition) is 16. The van der Waals surface area contributed by atoms with Gasteiger partial charge in [-0.05, 0) is 258 Å². The number of hydrogen-bond donors (Lipinski definition) is 3. The van der Waals surface area contributed by atoms with Crippen LogP contribution in [0.1, 0.15) is 171 Å². The Hall–Kier alpha value is -9.17. The van der Waals surface area contributed by atoms with E-state index in [0.717, 1.165) is 174 Å². The van der Waals surface area contributed by atoms with E-state index in [1.54, 1.807) is 42.1 Å². The maximum absolute atomic E-state index is 13.4. The van der Waals surface area contributed by atoms with Crippen molar-refractivity contribution in [3.05, 3.63) is 176 Å². The molecule has 0 unspecified atom stereocenters. The Kier molecular flexibility index (Phi) is 30.6. The minimum atomic E-state index is -0.528. The molecule has 7 aliphatic rings. The van der Waals surface area contributed by atoms with Crippen molar-refractivity contribution in [3.63, 3.8) is 0 Å². The molecule has 0 radical (unpaired) electrons. The lowest BCUT2D eigenvalue weighted by atomic mass is 9.86. The number of ether oxygens (including phenoxy) is 5. The average molecular weight is 1640 g/mol. The van der Waals surface area contributed by atoms with Crippen LogP contribution in [0.3, 0.4) is 0 Å². The highest BCUT2D eigenvalue weighted by Gasteiger charge is 2.35. The van der Waals surface area contributed by atoms with Crippen molar-refractivity contribution in [2.24, 2.45) is 5.92 Å². The molecule has 6 aromatic carbocycles. The molecule has 24 nitrogen and oxygen atoms in total. The van der Waals surface area contributed by atoms with Crippen LogP contribution < -0.4 is 44.9 Å². The molecule has 0 atom stereocenters. The summed E-state index contributed by atoms with van der Waals surface area (Å²) < 4.78 is 27.4. The van der Waals surface area contributed by atoms with Crippen molar-refractivity contribution in [1.29, 1.82) is 0 Å². The van der Waals surface area contributed by atoms with Gasteiger partial charge in [-0.1, -0.05) is 89.4 Å². The van der Waals surface area contributed by atoms with Crippen LogP contribution in [0.15, 0.2) is 127 Å². The summed E-state index contributed by atoms with van der Waals surface area (Å²) in [6.45, 7) is 23.8. The Morgan fingerprint density at radius 3 is 1.16 bits per heavy atom. The van der Waals surface area contributed by atoms with Gasteiger partial charge in [-0.15, -0.1) is 0 Å². The molecule has 0 saturated carbocycles. The zero-order valence-electron chi connectivity index (χ0n) is 67.7. The Labute approximate surface area is 691 Å². The predicted molar refractivity (Wildman–Crippen MR) is 449 cm³/mol. The molecule has 115 heavy (non-hydrogen) atoms. The standard InChI is InChI=1S/C33H43ClN4O5.C31H41ClN4O5.C24H28ClN3O3/c1-33(2,3)43-32(41)37-16-10-23(11-17-37)21-35-31(40)27-20-25(34)8-9-26(27)24-12-14-36(15-13-24)18-19-38-28-6-4-5-7-29(28)42-22-30(38)39;1-31(2,3)41-30(39)34-15-7-6-14-33-29(38)25-20-23(32)10-11-24(25)22-12-16-35(17-13-22)18-19-36-26-8-4-5-9-27(26)40-21-28(36)37;1-26(2)24(30)20-15-18(25)7-8-19(20)17-9-11-27(12-10-17)13-14-28-21-5-3-4-6-22(21)31-16-23(28)29/h4-9,20,23-24H,10-19,21-22H2,1-3H3,(H,35,40);4-5,8-11,20,22H,6-7,12-19,21H2,1-3H3,(H,33,38)(H,34,39);3-8,15,17H,9-14,16H2,1-2H3. The number of anilines is 3. The highest BCUT2D eigenvalue weighted by molar-refractivity contribution is 6.31. The molecule has 0 bridgehead atoms. The first-order valence-corrected chi connectivity index (χ1v) is 41.6. The number of carbonyl (C=O) groups excluding carboxylic acids is 8. The molecule has 0 aromatic heterocycles. The summed E-state index contributed by atoms with van der Waals surface area (Å²) in [5.41, 5.74) is 6.59. The number of rotatable bonds is 22. The third-order valence-electron chi connectivity index (χ3n) is 22.0. The number of alkyl carbamates (subject to hydrolysis) is 1. The Balaban J connectivity index is 0.000000172. The summed E-state index contributed by atoms with van der Waals surface area (Å²) in [5, 5.41) is 10.6. The second-order valence-electron chi connectivity index (χ2n) is 32.7. The number of halogens is 3. The van der Waals surface area contributed by atoms with Gasteiger partial charge in [0.1, 0.15) is 28.5 Å². The molecule has 4 saturated heterocycles. The van der Waals surface area contributed by atoms with Gasteiger partial charge in [-0.3, -0.25) is 28.8 Å². The highest BCUT2D eigenvalue weighted by Crippen LogP contribution is 2.39. The second kappa shape index (κ2) is 40.6. The number of likely N-dealkylation sites (tertiary alicyclic amines) is 4. The third kappa shape index (κ3) is 24.5. The van der Waals surface area contributed by atoms with Crippen LogP contribution >= 0.6 is 34.8 Å². The maximum Gasteiger partial charge on any atom is 0.410 e. The van der Waals surface area contributed by atoms with E-state index in [4.69, 9.17) is 58.5 Å². The summed E-state index contributed by atoms with van der Waals surface area (Å²) in [6, 6.07) is 39.9. The fraction of sp³-hybridized carbons (Fsp3) is 0.500. The second-order valence-corrected chi connectivity index (χ2v) is 34.0. The van der Waals surface area contributed by atoms with E-state index in [1.165, 1.54) is 0 Å². The van der Waals surface area contributed by atoms with Gasteiger partial charge in [0.05, 0.1) is 17.1 Å². The summed E-state index contributed by atoms with van der Waals surface area (Å²) in [6.07, 6.45) is 8.04. The number of unbranched alkanes of at least 4 members (excludes halogenated alkanes) is 1. The molecular formula is C88H112Cl3N11O13. The molecule has 7 aliphatic heterocycles. The van der Waals surface area contributed by atoms with E-state index in [0.29, 0.717) is 96.0 Å². The van der Waals surface area contributed by atoms with Crippen LogP contribution in [-0.4, -0.2) is 229 Å². The maximum atomic E-state index is 13.4. The zero-order valence-corrected chi connectivity index (χ0v) is 69.9. The number of amides is 8. The first-order chi connectivity index (χ1) is 55.1. The van der Waals surface area contributed by atoms with E-state index in [2.05, 4.69) is 30.7 Å². The van der Waals surface area contributed by atoms with E-state index >= 15 is 0 Å². The molecular weight excluding hydrogens is 1530 g/mol. The SMILES string of the molecule is CC(C)(C)OC(=O)N1CCC(CNC(=O)c2cc(Cl)ccc2C2CCN(CCN3C(=O)COc4ccccc43)CC2)CC1.CC(C)(C)OC(=O)NCCCCNC(=O)c1cc(Cl)ccc1C1CCN(CCN2C(=O)COc3ccccc32)CC1.CN(C)C(=O)c1cc(Cl)ccc1C1CCN(CCN2C(=O)COc3ccccc32)CC1. The van der Waals surface area contributed by atoms with Gasteiger partial charge in [0, 0.05) is 118 Å². The molecule has 7 heterocycles. The van der Waals surface area contributed by atoms with Gasteiger partial charge in [0.15, 0.2) is 19.8 Å². The van der Waals surface area contributed by atoms with Crippen molar-refractivity contribution in [1.82, 2.24) is 40.4 Å². The first kappa shape index (κ1) is 86.7. The monoisotopic (exact) mass is 1640 g/mol. The zero-order chi connectivity index (χ0) is 81.9. The molecule has 27 heteroatoms. The number of para-hydroxylation sites is 6. The third-order valence-corrected chi connectivity index (χ3v) is 22.7. The Morgan fingerprint density at radius 1 is 0.435 bits per heavy atom. The van der Waals surface area contributed by atoms with Gasteiger partial charge in [0.2, 0.25) is 0 Å². The summed E-state index contributed by atoms with van der Waals surface area (Å²) in [7, 11) is 3.53. The summed E-state index contributed by atoms with van der Waals surface area (Å²) in [4.78, 5) is 117. The summed E-state index contributed by atoms with van der Waals surface area (Å²) in [5.74, 6) is 3.15. The predicted octanol–water partition coefficient (Wildman–Crippen LogP) is 13.9. The number of nitrogens with zero attached hydrogens (tertiary/aromatic N) is 8. The molecule has 0 aliphatic carbocycles. The quantitative estimate of drug-likeness (QED) is 0.0535. The lowest BCUT2D eigenvalue weighted by molar-refractivity contribution is -0.122. The minimum absolute atomic E-state index is 0.00147. The van der Waals surface area contributed by atoms with E-state index < -0.39 is 17.3 Å². The molecule has 0 spiro atoms. The van der Waals surface area contributed by atoms with Crippen LogP contribution in [0.5, 0.6) is 17.2 Å². The van der Waals surface area contributed by atoms with Crippen LogP contribution in [-0.2, 0) is 23.9 Å². The topological polar surface area (TPSA) is 245 Å². The van der Waals surface area contributed by atoms with Gasteiger partial charge >= 0.3 is 12.2 Å². The first-order valence-electron chi connectivity index (χ1n) is 40.5. The minimum Gasteiger partial charge on any atom is -0.482 e. The van der Waals surface area contributed by atoms with Gasteiger partial charge in [0.25, 0.3) is 35.4 Å². The van der Waals surface area contributed by atoms with Gasteiger partial charge in [-0.25, -0.2) is 9.59 Å². The molecule has 13 rings (SSSR count). The van der Waals surface area contributed by atoms with E-state index in [-0.39, 0.29) is 73.2 Å². The van der Waals surface area contributed by atoms with E-state index in [9.17, 15) is 38.4 Å². The number of benzene rings is 6. The lowest BCUT2D eigenvalue weighted by Crippen LogP contribution is -2.45.